The molecule has 3 nitrogen and oxygen atoms in total. The monoisotopic (exact) mass is 425 g/mol. The lowest BCUT2D eigenvalue weighted by Crippen LogP contribution is -2.37. The zero-order valence-corrected chi connectivity index (χ0v) is 15.6. The Morgan fingerprint density at radius 1 is 1.00 bits per heavy atom. The van der Waals surface area contributed by atoms with Gasteiger partial charge in [0, 0.05) is 9.65 Å². The average molecular weight is 427 g/mol. The fourth-order valence-corrected chi connectivity index (χ4v) is 6.42. The van der Waals surface area contributed by atoms with Crippen LogP contribution in [-0.2, 0) is 9.59 Å². The molecule has 0 radical (unpaired) electrons. The lowest BCUT2D eigenvalue weighted by Gasteiger charge is -2.28. The van der Waals surface area contributed by atoms with Crippen molar-refractivity contribution in [3.63, 3.8) is 0 Å². The maximum Gasteiger partial charge on any atom is 0.238 e. The first-order valence-electron chi connectivity index (χ1n) is 7.65. The van der Waals surface area contributed by atoms with Gasteiger partial charge in [-0.05, 0) is 49.3 Å². The van der Waals surface area contributed by atoms with E-state index in [0.717, 1.165) is 23.2 Å². The molecule has 2 aliphatic carbocycles. The summed E-state index contributed by atoms with van der Waals surface area (Å²) in [6, 6.07) is 5.94. The number of aryl methyl sites for hydroxylation is 2. The topological polar surface area (TPSA) is 37.4 Å². The summed E-state index contributed by atoms with van der Waals surface area (Å²) in [5.41, 5.74) is 2.81. The van der Waals surface area contributed by atoms with E-state index >= 15 is 0 Å². The molecule has 2 saturated carbocycles. The van der Waals surface area contributed by atoms with E-state index in [1.54, 1.807) is 0 Å². The Morgan fingerprint density at radius 2 is 1.55 bits per heavy atom. The van der Waals surface area contributed by atoms with E-state index in [4.69, 9.17) is 0 Å². The highest BCUT2D eigenvalue weighted by Crippen LogP contribution is 2.60. The minimum atomic E-state index is -0.143. The van der Waals surface area contributed by atoms with Gasteiger partial charge in [-0.1, -0.05) is 44.0 Å². The predicted octanol–water partition coefficient (Wildman–Crippen LogP) is 3.59. The summed E-state index contributed by atoms with van der Waals surface area (Å²) in [6.45, 7) is 3.94. The second kappa shape index (κ2) is 4.91. The summed E-state index contributed by atoms with van der Waals surface area (Å²) in [5.74, 6) is 0.253. The average Bonchev–Trinajstić information content (AvgIpc) is 3.07. The smallest absolute Gasteiger partial charge is 0.238 e. The van der Waals surface area contributed by atoms with Crippen molar-refractivity contribution in [3.05, 3.63) is 29.3 Å². The highest BCUT2D eigenvalue weighted by Gasteiger charge is 2.66. The Balaban J connectivity index is 1.77. The molecule has 6 atom stereocenters. The molecule has 3 aliphatic rings. The number of rotatable bonds is 1. The van der Waals surface area contributed by atoms with Crippen molar-refractivity contribution in [2.75, 3.05) is 4.90 Å². The molecule has 22 heavy (non-hydrogen) atoms. The van der Waals surface area contributed by atoms with Gasteiger partial charge in [0.15, 0.2) is 0 Å². The lowest BCUT2D eigenvalue weighted by molar-refractivity contribution is -0.123. The van der Waals surface area contributed by atoms with E-state index in [9.17, 15) is 9.59 Å². The van der Waals surface area contributed by atoms with Gasteiger partial charge in [0.2, 0.25) is 11.8 Å². The minimum absolute atomic E-state index is 0.0000463. The van der Waals surface area contributed by atoms with E-state index in [1.807, 2.05) is 32.0 Å². The Bertz CT molecular complexity index is 657. The molecule has 6 unspecified atom stereocenters. The van der Waals surface area contributed by atoms with Gasteiger partial charge in [-0.2, -0.15) is 0 Å². The third-order valence-electron chi connectivity index (χ3n) is 5.59. The van der Waals surface area contributed by atoms with Crippen molar-refractivity contribution in [3.8, 4) is 0 Å². The zero-order valence-electron chi connectivity index (χ0n) is 12.4. The quantitative estimate of drug-likeness (QED) is 0.508. The molecule has 1 aliphatic heterocycles. The number of nitrogens with zero attached hydrogens (tertiary/aromatic N) is 1. The fraction of sp³-hybridized carbons (Fsp3) is 0.529. The van der Waals surface area contributed by atoms with Crippen molar-refractivity contribution in [2.45, 2.75) is 29.9 Å². The molecule has 0 N–H and O–H groups in total. The van der Waals surface area contributed by atoms with E-state index in [1.165, 1.54) is 4.90 Å². The highest BCUT2D eigenvalue weighted by molar-refractivity contribution is 9.12. The van der Waals surface area contributed by atoms with Gasteiger partial charge >= 0.3 is 0 Å². The van der Waals surface area contributed by atoms with E-state index in [-0.39, 0.29) is 45.1 Å². The summed E-state index contributed by atoms with van der Waals surface area (Å²) < 4.78 is 0. The molecule has 0 aromatic heterocycles. The van der Waals surface area contributed by atoms with Crippen LogP contribution in [0.25, 0.3) is 0 Å². The third-order valence-corrected chi connectivity index (χ3v) is 8.80. The van der Waals surface area contributed by atoms with E-state index in [0.29, 0.717) is 0 Å². The van der Waals surface area contributed by atoms with E-state index < -0.39 is 0 Å². The Morgan fingerprint density at radius 3 is 2.09 bits per heavy atom. The molecular weight excluding hydrogens is 410 g/mol. The Labute approximate surface area is 146 Å². The summed E-state index contributed by atoms with van der Waals surface area (Å²) in [4.78, 5) is 28.0. The second-order valence-electron chi connectivity index (χ2n) is 6.81. The molecule has 0 spiro atoms. The van der Waals surface area contributed by atoms with Gasteiger partial charge in [-0.25, -0.2) is 4.90 Å². The Kier molecular flexibility index (Phi) is 3.32. The number of carbonyl (C=O) groups is 2. The molecule has 1 aromatic carbocycles. The number of carbonyl (C=O) groups excluding carboxylic acids is 2. The molecule has 5 heteroatoms. The maximum absolute atomic E-state index is 13.0. The normalized spacial score (nSPS) is 39.7. The van der Waals surface area contributed by atoms with Crippen LogP contribution in [0.2, 0.25) is 0 Å². The number of imide groups is 1. The maximum atomic E-state index is 13.0. The van der Waals surface area contributed by atoms with Crippen LogP contribution < -0.4 is 4.90 Å². The lowest BCUT2D eigenvalue weighted by atomic mass is 9.81. The number of benzene rings is 1. The van der Waals surface area contributed by atoms with Crippen LogP contribution in [0, 0.1) is 37.5 Å². The first-order chi connectivity index (χ1) is 10.4. The SMILES string of the molecule is Cc1ccc(C)c(N2C(=O)C3C4CC(C(Br)C4Br)C3C2=O)c1. The number of halogens is 2. The van der Waals surface area contributed by atoms with Gasteiger partial charge in [0.05, 0.1) is 17.5 Å². The van der Waals surface area contributed by atoms with Gasteiger partial charge in [0.25, 0.3) is 0 Å². The molecule has 1 saturated heterocycles. The molecular formula is C17H17Br2NO2. The van der Waals surface area contributed by atoms with Crippen LogP contribution in [-0.4, -0.2) is 21.5 Å². The number of alkyl halides is 2. The Hall–Kier alpha value is -0.680. The molecule has 2 bridgehead atoms. The zero-order chi connectivity index (χ0) is 15.8. The highest BCUT2D eigenvalue weighted by atomic mass is 79.9. The number of amides is 2. The van der Waals surface area contributed by atoms with Crippen LogP contribution in [0.3, 0.4) is 0 Å². The molecule has 1 aromatic rings. The van der Waals surface area contributed by atoms with Crippen LogP contribution >= 0.6 is 31.9 Å². The second-order valence-corrected chi connectivity index (χ2v) is 8.92. The van der Waals surface area contributed by atoms with Crippen LogP contribution in [0.1, 0.15) is 17.5 Å². The summed E-state index contributed by atoms with van der Waals surface area (Å²) in [6.07, 6.45) is 0.972. The van der Waals surface area contributed by atoms with Gasteiger partial charge < -0.3 is 0 Å². The fourth-order valence-electron chi connectivity index (χ4n) is 4.55. The molecule has 3 fully saturated rings. The molecule has 2 amide bonds. The summed E-state index contributed by atoms with van der Waals surface area (Å²) >= 11 is 7.44. The summed E-state index contributed by atoms with van der Waals surface area (Å²) in [7, 11) is 0. The number of hydrogen-bond acceptors (Lipinski definition) is 2. The van der Waals surface area contributed by atoms with Gasteiger partial charge in [-0.3, -0.25) is 9.59 Å². The van der Waals surface area contributed by atoms with Crippen molar-refractivity contribution in [2.24, 2.45) is 23.7 Å². The van der Waals surface area contributed by atoms with E-state index in [2.05, 4.69) is 31.9 Å². The van der Waals surface area contributed by atoms with Gasteiger partial charge in [-0.15, -0.1) is 0 Å². The third kappa shape index (κ3) is 1.78. The minimum Gasteiger partial charge on any atom is -0.274 e. The van der Waals surface area contributed by atoms with Crippen LogP contribution in [0.5, 0.6) is 0 Å². The number of hydrogen-bond donors (Lipinski definition) is 0. The van der Waals surface area contributed by atoms with Crippen molar-refractivity contribution in [1.29, 1.82) is 0 Å². The van der Waals surface area contributed by atoms with Crippen molar-refractivity contribution >= 4 is 49.4 Å². The molecule has 116 valence electrons. The number of anilines is 1. The summed E-state index contributed by atoms with van der Waals surface area (Å²) in [5, 5.41) is 0. The predicted molar refractivity (Wildman–Crippen MR) is 92.4 cm³/mol. The standard InChI is InChI=1S/C17H17Br2NO2/c1-7-3-4-8(2)11(5-7)20-16(21)12-9-6-10(13(12)17(20)22)15(19)14(9)18/h3-5,9-10,12-15H,6H2,1-2H3. The van der Waals surface area contributed by atoms with Crippen molar-refractivity contribution in [1.82, 2.24) is 0 Å². The first kappa shape index (κ1) is 14.9. The number of fused-ring (bicyclic) bond motifs is 5. The first-order valence-corrected chi connectivity index (χ1v) is 9.48. The van der Waals surface area contributed by atoms with Crippen molar-refractivity contribution < 1.29 is 9.59 Å². The largest absolute Gasteiger partial charge is 0.274 e. The molecule has 4 rings (SSSR count). The van der Waals surface area contributed by atoms with Crippen LogP contribution in [0.4, 0.5) is 5.69 Å². The molecule has 1 heterocycles. The van der Waals surface area contributed by atoms with Gasteiger partial charge in [0.1, 0.15) is 0 Å². The van der Waals surface area contributed by atoms with Crippen LogP contribution in [0.15, 0.2) is 18.2 Å².